The van der Waals surface area contributed by atoms with E-state index in [-0.39, 0.29) is 0 Å². The number of rotatable bonds is 11. The molecule has 0 saturated heterocycles. The first kappa shape index (κ1) is 15.6. The van der Waals surface area contributed by atoms with Gasteiger partial charge < -0.3 is 5.32 Å². The van der Waals surface area contributed by atoms with Crippen LogP contribution in [0, 0.1) is 0 Å². The number of nitrogens with one attached hydrogen (secondary N) is 1. The van der Waals surface area contributed by atoms with Crippen LogP contribution in [0.25, 0.3) is 0 Å². The van der Waals surface area contributed by atoms with E-state index in [0.29, 0.717) is 0 Å². The molecule has 3 nitrogen and oxygen atoms in total. The number of aryl methyl sites for hydroxylation is 2. The highest BCUT2D eigenvalue weighted by atomic mass is 32.1. The second-order valence-electron chi connectivity index (χ2n) is 4.71. The minimum absolute atomic E-state index is 1.05. The van der Waals surface area contributed by atoms with Crippen LogP contribution in [-0.2, 0) is 12.8 Å². The van der Waals surface area contributed by atoms with Crippen LogP contribution in [-0.4, -0.2) is 23.3 Å². The maximum atomic E-state index is 4.28. The quantitative estimate of drug-likeness (QED) is 0.624. The fourth-order valence-electron chi connectivity index (χ4n) is 1.91. The van der Waals surface area contributed by atoms with Crippen molar-refractivity contribution in [3.05, 3.63) is 10.0 Å². The molecule has 0 spiro atoms. The molecule has 0 bridgehead atoms. The van der Waals surface area contributed by atoms with Crippen molar-refractivity contribution >= 4 is 11.3 Å². The summed E-state index contributed by atoms with van der Waals surface area (Å²) in [7, 11) is 0. The fraction of sp³-hybridized carbons (Fsp3) is 0.857. The van der Waals surface area contributed by atoms with E-state index in [0.717, 1.165) is 25.9 Å². The van der Waals surface area contributed by atoms with Gasteiger partial charge in [0.25, 0.3) is 0 Å². The summed E-state index contributed by atoms with van der Waals surface area (Å²) in [6, 6.07) is 0. The maximum Gasteiger partial charge on any atom is 0.117 e. The van der Waals surface area contributed by atoms with Crippen LogP contribution in [0.2, 0.25) is 0 Å². The highest BCUT2D eigenvalue weighted by Gasteiger charge is 2.03. The third kappa shape index (κ3) is 7.07. The van der Waals surface area contributed by atoms with E-state index >= 15 is 0 Å². The molecule has 18 heavy (non-hydrogen) atoms. The smallest absolute Gasteiger partial charge is 0.117 e. The summed E-state index contributed by atoms with van der Waals surface area (Å²) in [6.07, 6.45) is 10.0. The molecule has 0 aliphatic rings. The van der Waals surface area contributed by atoms with Crippen molar-refractivity contribution in [1.82, 2.24) is 15.5 Å². The van der Waals surface area contributed by atoms with Gasteiger partial charge in [0.15, 0.2) is 0 Å². The summed E-state index contributed by atoms with van der Waals surface area (Å²) in [5.74, 6) is 0. The molecule has 0 atom stereocenters. The Morgan fingerprint density at radius 2 is 1.56 bits per heavy atom. The van der Waals surface area contributed by atoms with Crippen molar-refractivity contribution in [1.29, 1.82) is 0 Å². The van der Waals surface area contributed by atoms with Crippen LogP contribution in [0.4, 0.5) is 0 Å². The molecule has 0 aliphatic heterocycles. The lowest BCUT2D eigenvalue weighted by Gasteiger charge is -1.98. The van der Waals surface area contributed by atoms with E-state index in [1.807, 2.05) is 0 Å². The first-order valence-corrected chi connectivity index (χ1v) is 8.20. The molecule has 0 unspecified atom stereocenters. The van der Waals surface area contributed by atoms with Gasteiger partial charge >= 0.3 is 0 Å². The third-order valence-corrected chi connectivity index (χ3v) is 4.04. The zero-order valence-corrected chi connectivity index (χ0v) is 12.7. The molecule has 1 N–H and O–H groups in total. The maximum absolute atomic E-state index is 4.28. The van der Waals surface area contributed by atoms with Crippen molar-refractivity contribution < 1.29 is 0 Å². The molecule has 1 aromatic heterocycles. The Hall–Kier alpha value is -0.480. The topological polar surface area (TPSA) is 37.8 Å². The molecule has 1 heterocycles. The Morgan fingerprint density at radius 3 is 2.22 bits per heavy atom. The molecule has 1 rings (SSSR count). The average molecular weight is 269 g/mol. The first-order chi connectivity index (χ1) is 8.86. The summed E-state index contributed by atoms with van der Waals surface area (Å²) in [5, 5.41) is 14.3. The molecule has 0 aliphatic carbocycles. The van der Waals surface area contributed by atoms with Gasteiger partial charge in [0.2, 0.25) is 0 Å². The monoisotopic (exact) mass is 269 g/mol. The Morgan fingerprint density at radius 1 is 0.889 bits per heavy atom. The summed E-state index contributed by atoms with van der Waals surface area (Å²) in [4.78, 5) is 0. The van der Waals surface area contributed by atoms with Gasteiger partial charge in [-0.05, 0) is 25.9 Å². The summed E-state index contributed by atoms with van der Waals surface area (Å²) in [5.41, 5.74) is 0. The zero-order chi connectivity index (χ0) is 13.1. The van der Waals surface area contributed by atoms with Crippen LogP contribution in [0.5, 0.6) is 0 Å². The Kier molecular flexibility index (Phi) is 9.04. The lowest BCUT2D eigenvalue weighted by molar-refractivity contribution is 0.629. The van der Waals surface area contributed by atoms with Crippen molar-refractivity contribution in [3.63, 3.8) is 0 Å². The zero-order valence-electron chi connectivity index (χ0n) is 11.9. The van der Waals surface area contributed by atoms with E-state index < -0.39 is 0 Å². The highest BCUT2D eigenvalue weighted by molar-refractivity contribution is 7.11. The summed E-state index contributed by atoms with van der Waals surface area (Å²) in [6.45, 7) is 6.54. The second-order valence-corrected chi connectivity index (χ2v) is 5.86. The predicted octanol–water partition coefficient (Wildman–Crippen LogP) is 3.59. The van der Waals surface area contributed by atoms with E-state index in [1.54, 1.807) is 11.3 Å². The first-order valence-electron chi connectivity index (χ1n) is 7.38. The molecule has 0 saturated carbocycles. The predicted molar refractivity (Wildman–Crippen MR) is 79.2 cm³/mol. The third-order valence-electron chi connectivity index (χ3n) is 3.00. The number of aromatic nitrogens is 2. The van der Waals surface area contributed by atoms with E-state index in [9.17, 15) is 0 Å². The van der Waals surface area contributed by atoms with E-state index in [1.165, 1.54) is 48.5 Å². The molecule has 1 aromatic rings. The van der Waals surface area contributed by atoms with Crippen molar-refractivity contribution in [2.24, 2.45) is 0 Å². The number of unbranched alkanes of at least 4 members (excludes halogenated alkanes) is 4. The van der Waals surface area contributed by atoms with E-state index in [4.69, 9.17) is 0 Å². The molecule has 0 amide bonds. The van der Waals surface area contributed by atoms with Crippen LogP contribution in [0.1, 0.15) is 62.4 Å². The molecular formula is C14H27N3S. The van der Waals surface area contributed by atoms with Crippen LogP contribution >= 0.6 is 11.3 Å². The fourth-order valence-corrected chi connectivity index (χ4v) is 2.84. The molecule has 4 heteroatoms. The van der Waals surface area contributed by atoms with Crippen molar-refractivity contribution in [3.8, 4) is 0 Å². The normalized spacial score (nSPS) is 11.0. The number of nitrogens with zero attached hydrogens (tertiary/aromatic N) is 2. The Balaban J connectivity index is 2.10. The minimum Gasteiger partial charge on any atom is -0.317 e. The average Bonchev–Trinajstić information content (AvgIpc) is 2.82. The van der Waals surface area contributed by atoms with Gasteiger partial charge in [0, 0.05) is 12.8 Å². The molecule has 0 radical (unpaired) electrons. The van der Waals surface area contributed by atoms with Gasteiger partial charge in [-0.25, -0.2) is 0 Å². The van der Waals surface area contributed by atoms with Gasteiger partial charge in [-0.15, -0.1) is 21.5 Å². The van der Waals surface area contributed by atoms with Crippen molar-refractivity contribution in [2.45, 2.75) is 65.2 Å². The second kappa shape index (κ2) is 10.4. The lowest BCUT2D eigenvalue weighted by atomic mass is 10.1. The molecular weight excluding hydrogens is 242 g/mol. The molecule has 0 aromatic carbocycles. The highest BCUT2D eigenvalue weighted by Crippen LogP contribution is 2.15. The van der Waals surface area contributed by atoms with Crippen molar-refractivity contribution in [2.75, 3.05) is 13.1 Å². The van der Waals surface area contributed by atoms with Gasteiger partial charge in [0.1, 0.15) is 10.0 Å². The number of hydrogen-bond donors (Lipinski definition) is 1. The number of hydrogen-bond acceptors (Lipinski definition) is 4. The molecule has 0 fully saturated rings. The van der Waals surface area contributed by atoms with Crippen LogP contribution in [0.15, 0.2) is 0 Å². The largest absolute Gasteiger partial charge is 0.317 e. The SMILES string of the molecule is CCCCCCCc1nnc(CCCNCC)s1. The standard InChI is InChI=1S/C14H27N3S/c1-3-5-6-7-8-10-13-16-17-14(18-13)11-9-12-15-4-2/h15H,3-12H2,1-2H3. The van der Waals surface area contributed by atoms with E-state index in [2.05, 4.69) is 29.4 Å². The van der Waals surface area contributed by atoms with Gasteiger partial charge in [0.05, 0.1) is 0 Å². The van der Waals surface area contributed by atoms with Gasteiger partial charge in [-0.3, -0.25) is 0 Å². The minimum atomic E-state index is 1.05. The molecule has 104 valence electrons. The van der Waals surface area contributed by atoms with Gasteiger partial charge in [-0.1, -0.05) is 39.5 Å². The lowest BCUT2D eigenvalue weighted by Crippen LogP contribution is -2.14. The Bertz CT molecular complexity index is 299. The van der Waals surface area contributed by atoms with Crippen LogP contribution < -0.4 is 5.32 Å². The van der Waals surface area contributed by atoms with Gasteiger partial charge in [-0.2, -0.15) is 0 Å². The Labute approximate surface area is 115 Å². The summed E-state index contributed by atoms with van der Waals surface area (Å²) < 4.78 is 0. The van der Waals surface area contributed by atoms with Crippen LogP contribution in [0.3, 0.4) is 0 Å². The summed E-state index contributed by atoms with van der Waals surface area (Å²) >= 11 is 1.80.